The van der Waals surface area contributed by atoms with Crippen LogP contribution in [0.15, 0.2) is 74.7 Å². The normalized spacial score (nSPS) is 10.4. The molecule has 4 rings (SSSR count). The van der Waals surface area contributed by atoms with Crippen LogP contribution in [-0.4, -0.2) is 51.1 Å². The van der Waals surface area contributed by atoms with Gasteiger partial charge in [0.25, 0.3) is 5.56 Å². The molecule has 0 saturated carbocycles. The Morgan fingerprint density at radius 3 is 1.54 bits per heavy atom. The lowest BCUT2D eigenvalue weighted by atomic mass is 10.2. The van der Waals surface area contributed by atoms with Gasteiger partial charge in [-0.3, -0.25) is 9.59 Å². The number of nitrogens with zero attached hydrogens (tertiary/aromatic N) is 4. The summed E-state index contributed by atoms with van der Waals surface area (Å²) in [5, 5.41) is 26.4. The van der Waals surface area contributed by atoms with Gasteiger partial charge in [-0.05, 0) is 57.4 Å². The maximum atomic E-state index is 12.1. The molecule has 0 fully saturated rings. The standard InChI is InChI=1S/C14H16N2O4.C13H13BrN2O3/c1-19-12-5-3-10(4-6-12)8-16-14(18)13(20-2)7-11(9-17)15-16;1-19-11-4-2-9(3-5-11)7-16-13(18)12(14)6-10(8-17)15-16/h3-7,17H,8-9H2,1-2H3;2-6,17H,7-8H2,1H3. The van der Waals surface area contributed by atoms with Crippen molar-refractivity contribution < 1.29 is 24.4 Å². The van der Waals surface area contributed by atoms with Crippen LogP contribution in [0.3, 0.4) is 0 Å². The number of hydrogen-bond acceptors (Lipinski definition) is 9. The molecule has 0 aliphatic rings. The van der Waals surface area contributed by atoms with Gasteiger partial charge in [-0.2, -0.15) is 10.2 Å². The van der Waals surface area contributed by atoms with Gasteiger partial charge in [0, 0.05) is 6.07 Å². The van der Waals surface area contributed by atoms with Crippen molar-refractivity contribution >= 4 is 15.9 Å². The molecular weight excluding hydrogens is 572 g/mol. The number of methoxy groups -OCH3 is 3. The SMILES string of the molecule is COc1ccc(Cn2nc(CO)cc(Br)c2=O)cc1.COc1ccc(Cn2nc(CO)cc(OC)c2=O)cc1. The van der Waals surface area contributed by atoms with E-state index in [9.17, 15) is 9.59 Å². The average Bonchev–Trinajstić information content (AvgIpc) is 2.97. The smallest absolute Gasteiger partial charge is 0.309 e. The van der Waals surface area contributed by atoms with Crippen molar-refractivity contribution in [2.75, 3.05) is 21.3 Å². The monoisotopic (exact) mass is 600 g/mol. The van der Waals surface area contributed by atoms with Crippen LogP contribution in [0.5, 0.6) is 17.2 Å². The number of rotatable bonds is 9. The molecule has 12 heteroatoms. The van der Waals surface area contributed by atoms with Crippen molar-refractivity contribution in [3.8, 4) is 17.2 Å². The molecule has 0 unspecified atom stereocenters. The average molecular weight is 601 g/mol. The zero-order valence-electron chi connectivity index (χ0n) is 21.7. The van der Waals surface area contributed by atoms with Crippen LogP contribution in [0.2, 0.25) is 0 Å². The summed E-state index contributed by atoms with van der Waals surface area (Å²) in [6.07, 6.45) is 0. The summed E-state index contributed by atoms with van der Waals surface area (Å²) in [5.41, 5.74) is 2.10. The molecule has 11 nitrogen and oxygen atoms in total. The summed E-state index contributed by atoms with van der Waals surface area (Å²) in [6, 6.07) is 17.7. The molecule has 0 amide bonds. The number of ether oxygens (including phenoxy) is 3. The fourth-order valence-electron chi connectivity index (χ4n) is 3.45. The van der Waals surface area contributed by atoms with Crippen LogP contribution < -0.4 is 25.3 Å². The second kappa shape index (κ2) is 14.2. The van der Waals surface area contributed by atoms with Crippen LogP contribution in [0.4, 0.5) is 0 Å². The lowest BCUT2D eigenvalue weighted by Gasteiger charge is -2.09. The summed E-state index contributed by atoms with van der Waals surface area (Å²) in [6.45, 7) is 0.184. The first kappa shape index (κ1) is 29.6. The fraction of sp³-hybridized carbons (Fsp3) is 0.259. The predicted octanol–water partition coefficient (Wildman–Crippen LogP) is 2.36. The lowest BCUT2D eigenvalue weighted by molar-refractivity contribution is 0.270. The molecule has 0 spiro atoms. The summed E-state index contributed by atoms with van der Waals surface area (Å²) < 4.78 is 18.1. The first-order valence-electron chi connectivity index (χ1n) is 11.7. The topological polar surface area (TPSA) is 138 Å². The second-order valence-electron chi connectivity index (χ2n) is 8.13. The molecule has 2 N–H and O–H groups in total. The van der Waals surface area contributed by atoms with Gasteiger partial charge >= 0.3 is 5.56 Å². The van der Waals surface area contributed by atoms with Gasteiger partial charge < -0.3 is 24.4 Å². The quantitative estimate of drug-likeness (QED) is 0.296. The second-order valence-corrected chi connectivity index (χ2v) is 8.98. The van der Waals surface area contributed by atoms with E-state index in [1.165, 1.54) is 28.6 Å². The number of hydrogen-bond donors (Lipinski definition) is 2. The third-order valence-electron chi connectivity index (χ3n) is 5.50. The Bertz CT molecular complexity index is 1490. The largest absolute Gasteiger partial charge is 0.497 e. The minimum atomic E-state index is -0.333. The van der Waals surface area contributed by atoms with Crippen LogP contribution in [0.25, 0.3) is 0 Å². The molecular formula is C27H29BrN4O7. The summed E-state index contributed by atoms with van der Waals surface area (Å²) in [5.74, 6) is 1.67. The van der Waals surface area contributed by atoms with Gasteiger partial charge in [-0.1, -0.05) is 24.3 Å². The van der Waals surface area contributed by atoms with Gasteiger partial charge in [-0.15, -0.1) is 0 Å². The third kappa shape index (κ3) is 7.99. The van der Waals surface area contributed by atoms with Crippen LogP contribution in [0, 0.1) is 0 Å². The van der Waals surface area contributed by atoms with E-state index in [1.807, 2.05) is 48.5 Å². The van der Waals surface area contributed by atoms with Gasteiger partial charge in [0.2, 0.25) is 0 Å². The van der Waals surface area contributed by atoms with E-state index in [0.717, 1.165) is 22.6 Å². The number of halogens is 1. The van der Waals surface area contributed by atoms with Crippen molar-refractivity contribution in [2.45, 2.75) is 26.3 Å². The summed E-state index contributed by atoms with van der Waals surface area (Å²) in [4.78, 5) is 24.0. The van der Waals surface area contributed by atoms with Gasteiger partial charge in [0.1, 0.15) is 11.5 Å². The molecule has 2 aromatic heterocycles. The Hall–Kier alpha value is -4.00. The molecule has 4 aromatic rings. The maximum Gasteiger partial charge on any atom is 0.309 e. The van der Waals surface area contributed by atoms with Crippen molar-refractivity contribution in [1.82, 2.24) is 19.6 Å². The Morgan fingerprint density at radius 2 is 1.13 bits per heavy atom. The first-order valence-corrected chi connectivity index (χ1v) is 12.5. The highest BCUT2D eigenvalue weighted by Gasteiger charge is 2.09. The maximum absolute atomic E-state index is 12.1. The predicted molar refractivity (Wildman–Crippen MR) is 147 cm³/mol. The lowest BCUT2D eigenvalue weighted by Crippen LogP contribution is -2.25. The van der Waals surface area contributed by atoms with Crippen molar-refractivity contribution in [2.24, 2.45) is 0 Å². The van der Waals surface area contributed by atoms with Gasteiger partial charge in [0.05, 0.1) is 63.5 Å². The van der Waals surface area contributed by atoms with E-state index in [-0.39, 0.29) is 30.1 Å². The Kier molecular flexibility index (Phi) is 10.8. The zero-order valence-corrected chi connectivity index (χ0v) is 23.3. The van der Waals surface area contributed by atoms with Gasteiger partial charge in [-0.25, -0.2) is 9.36 Å². The molecule has 206 valence electrons. The molecule has 2 heterocycles. The van der Waals surface area contributed by atoms with Crippen molar-refractivity contribution in [1.29, 1.82) is 0 Å². The van der Waals surface area contributed by atoms with E-state index >= 15 is 0 Å². The van der Waals surface area contributed by atoms with E-state index in [1.54, 1.807) is 14.2 Å². The summed E-state index contributed by atoms with van der Waals surface area (Å²) >= 11 is 3.17. The van der Waals surface area contributed by atoms with Crippen LogP contribution in [0.1, 0.15) is 22.5 Å². The van der Waals surface area contributed by atoms with Gasteiger partial charge in [0.15, 0.2) is 5.75 Å². The van der Waals surface area contributed by atoms with E-state index < -0.39 is 0 Å². The number of aliphatic hydroxyl groups excluding tert-OH is 2. The number of aliphatic hydroxyl groups is 2. The minimum absolute atomic E-state index is 0.164. The van der Waals surface area contributed by atoms with E-state index in [0.29, 0.717) is 29.0 Å². The molecule has 0 bridgehead atoms. The van der Waals surface area contributed by atoms with E-state index in [2.05, 4.69) is 26.1 Å². The molecule has 0 aliphatic carbocycles. The Labute approximate surface area is 233 Å². The molecule has 0 atom stereocenters. The van der Waals surface area contributed by atoms with E-state index in [4.69, 9.17) is 24.4 Å². The first-order chi connectivity index (χ1) is 18.8. The Morgan fingerprint density at radius 1 is 0.692 bits per heavy atom. The number of aromatic nitrogens is 4. The minimum Gasteiger partial charge on any atom is -0.497 e. The molecule has 0 saturated heterocycles. The highest BCUT2D eigenvalue weighted by molar-refractivity contribution is 9.10. The molecule has 39 heavy (non-hydrogen) atoms. The highest BCUT2D eigenvalue weighted by atomic mass is 79.9. The zero-order chi connectivity index (χ0) is 28.4. The highest BCUT2D eigenvalue weighted by Crippen LogP contribution is 2.14. The number of benzene rings is 2. The van der Waals surface area contributed by atoms with Crippen molar-refractivity contribution in [3.63, 3.8) is 0 Å². The molecule has 0 radical (unpaired) electrons. The Balaban J connectivity index is 0.000000216. The molecule has 0 aliphatic heterocycles. The van der Waals surface area contributed by atoms with Crippen LogP contribution in [-0.2, 0) is 26.3 Å². The third-order valence-corrected chi connectivity index (χ3v) is 6.07. The summed E-state index contributed by atoms with van der Waals surface area (Å²) in [7, 11) is 4.61. The van der Waals surface area contributed by atoms with Crippen molar-refractivity contribution in [3.05, 3.63) is 108 Å². The molecule has 2 aromatic carbocycles. The fourth-order valence-corrected chi connectivity index (χ4v) is 3.92. The van der Waals surface area contributed by atoms with Crippen LogP contribution >= 0.6 is 15.9 Å².